The van der Waals surface area contributed by atoms with Crippen molar-refractivity contribution < 1.29 is 4.42 Å². The summed E-state index contributed by atoms with van der Waals surface area (Å²) in [7, 11) is 0. The number of nitrogens with one attached hydrogen (secondary N) is 2. The summed E-state index contributed by atoms with van der Waals surface area (Å²) in [5.74, 6) is 0.994. The minimum absolute atomic E-state index is 0.332. The van der Waals surface area contributed by atoms with Crippen molar-refractivity contribution in [1.82, 2.24) is 10.2 Å². The zero-order chi connectivity index (χ0) is 9.80. The van der Waals surface area contributed by atoms with E-state index in [1.165, 1.54) is 0 Å². The van der Waals surface area contributed by atoms with E-state index in [0.717, 1.165) is 17.9 Å². The highest BCUT2D eigenvalue weighted by Crippen LogP contribution is 2.09. The first-order valence-corrected chi connectivity index (χ1v) is 4.62. The smallest absolute Gasteiger partial charge is 0.105 e. The van der Waals surface area contributed by atoms with Gasteiger partial charge < -0.3 is 9.73 Å². The largest absolute Gasteiger partial charge is 0.469 e. The molecule has 0 saturated heterocycles. The monoisotopic (exact) mass is 191 g/mol. The van der Waals surface area contributed by atoms with Gasteiger partial charge in [0, 0.05) is 18.7 Å². The van der Waals surface area contributed by atoms with E-state index >= 15 is 0 Å². The zero-order valence-electron chi connectivity index (χ0n) is 8.03. The van der Waals surface area contributed by atoms with Crippen LogP contribution in [-0.2, 0) is 6.42 Å². The normalized spacial score (nSPS) is 12.6. The van der Waals surface area contributed by atoms with Crippen LogP contribution in [0.15, 0.2) is 35.2 Å². The molecular formula is C10H13N3O. The molecule has 0 bridgehead atoms. The Morgan fingerprint density at radius 1 is 1.64 bits per heavy atom. The van der Waals surface area contributed by atoms with Crippen molar-refractivity contribution >= 4 is 5.69 Å². The first-order valence-electron chi connectivity index (χ1n) is 4.62. The number of aromatic nitrogens is 2. The van der Waals surface area contributed by atoms with Crippen LogP contribution in [0.1, 0.15) is 12.7 Å². The van der Waals surface area contributed by atoms with Gasteiger partial charge >= 0.3 is 0 Å². The van der Waals surface area contributed by atoms with Crippen LogP contribution in [0.2, 0.25) is 0 Å². The van der Waals surface area contributed by atoms with Gasteiger partial charge in [-0.3, -0.25) is 5.10 Å². The van der Waals surface area contributed by atoms with E-state index in [1.807, 2.05) is 18.3 Å². The number of rotatable bonds is 4. The lowest BCUT2D eigenvalue weighted by atomic mass is 10.2. The minimum Gasteiger partial charge on any atom is -0.469 e. The number of hydrogen-bond acceptors (Lipinski definition) is 3. The fourth-order valence-corrected chi connectivity index (χ4v) is 1.40. The van der Waals surface area contributed by atoms with E-state index in [-0.39, 0.29) is 0 Å². The third kappa shape index (κ3) is 2.16. The van der Waals surface area contributed by atoms with Crippen LogP contribution in [0.5, 0.6) is 0 Å². The lowest BCUT2D eigenvalue weighted by Gasteiger charge is -2.11. The number of aromatic amines is 1. The van der Waals surface area contributed by atoms with Crippen LogP contribution >= 0.6 is 0 Å². The first kappa shape index (κ1) is 8.87. The van der Waals surface area contributed by atoms with Crippen LogP contribution in [0.25, 0.3) is 0 Å². The number of hydrogen-bond donors (Lipinski definition) is 2. The fourth-order valence-electron chi connectivity index (χ4n) is 1.40. The number of nitrogens with zero attached hydrogens (tertiary/aromatic N) is 1. The van der Waals surface area contributed by atoms with E-state index in [2.05, 4.69) is 22.4 Å². The van der Waals surface area contributed by atoms with Gasteiger partial charge in [0.05, 0.1) is 18.1 Å². The van der Waals surface area contributed by atoms with Gasteiger partial charge in [0.25, 0.3) is 0 Å². The van der Waals surface area contributed by atoms with Crippen LogP contribution in [0.4, 0.5) is 5.69 Å². The van der Waals surface area contributed by atoms with Gasteiger partial charge in [-0.05, 0) is 19.1 Å². The predicted molar refractivity (Wildman–Crippen MR) is 54.1 cm³/mol. The highest BCUT2D eigenvalue weighted by molar-refractivity contribution is 5.38. The summed E-state index contributed by atoms with van der Waals surface area (Å²) in [6.45, 7) is 2.11. The van der Waals surface area contributed by atoms with E-state index in [4.69, 9.17) is 4.42 Å². The van der Waals surface area contributed by atoms with Crippen molar-refractivity contribution in [1.29, 1.82) is 0 Å². The van der Waals surface area contributed by atoms with Gasteiger partial charge in [0.2, 0.25) is 0 Å². The number of anilines is 1. The molecule has 0 spiro atoms. The van der Waals surface area contributed by atoms with Crippen LogP contribution in [-0.4, -0.2) is 16.2 Å². The molecule has 0 aliphatic carbocycles. The average molecular weight is 191 g/mol. The van der Waals surface area contributed by atoms with Gasteiger partial charge in [0.1, 0.15) is 5.76 Å². The third-order valence-corrected chi connectivity index (χ3v) is 2.00. The van der Waals surface area contributed by atoms with Crippen molar-refractivity contribution in [2.45, 2.75) is 19.4 Å². The van der Waals surface area contributed by atoms with Crippen LogP contribution < -0.4 is 5.32 Å². The molecule has 0 fully saturated rings. The van der Waals surface area contributed by atoms with Crippen LogP contribution in [0, 0.1) is 0 Å². The maximum atomic E-state index is 5.26. The fraction of sp³-hybridized carbons (Fsp3) is 0.300. The molecule has 4 heteroatoms. The summed E-state index contributed by atoms with van der Waals surface area (Å²) >= 11 is 0. The molecule has 4 nitrogen and oxygen atoms in total. The maximum Gasteiger partial charge on any atom is 0.105 e. The predicted octanol–water partition coefficient (Wildman–Crippen LogP) is 2.05. The molecule has 0 aliphatic rings. The third-order valence-electron chi connectivity index (χ3n) is 2.00. The molecular weight excluding hydrogens is 178 g/mol. The van der Waals surface area contributed by atoms with Crippen LogP contribution in [0.3, 0.4) is 0 Å². The molecule has 0 saturated carbocycles. The summed E-state index contributed by atoms with van der Waals surface area (Å²) in [5, 5.41) is 9.93. The van der Waals surface area contributed by atoms with Gasteiger partial charge in [-0.1, -0.05) is 0 Å². The SMILES string of the molecule is CC(Cc1ccco1)Nc1cn[nH]c1. The molecule has 0 aliphatic heterocycles. The first-order chi connectivity index (χ1) is 6.84. The summed E-state index contributed by atoms with van der Waals surface area (Å²) in [4.78, 5) is 0. The molecule has 2 rings (SSSR count). The van der Waals surface area contributed by atoms with E-state index in [0.29, 0.717) is 6.04 Å². The molecule has 0 amide bonds. The molecule has 2 aromatic rings. The van der Waals surface area contributed by atoms with Crippen molar-refractivity contribution in [3.63, 3.8) is 0 Å². The van der Waals surface area contributed by atoms with Gasteiger partial charge in [-0.25, -0.2) is 0 Å². The second-order valence-electron chi connectivity index (χ2n) is 3.32. The highest BCUT2D eigenvalue weighted by atomic mass is 16.3. The zero-order valence-corrected chi connectivity index (χ0v) is 8.03. The summed E-state index contributed by atoms with van der Waals surface area (Å²) in [5.41, 5.74) is 1.00. The Balaban J connectivity index is 1.88. The Hall–Kier alpha value is -1.71. The van der Waals surface area contributed by atoms with E-state index < -0.39 is 0 Å². The Morgan fingerprint density at radius 2 is 2.57 bits per heavy atom. The summed E-state index contributed by atoms with van der Waals surface area (Å²) in [6.07, 6.45) is 6.16. The van der Waals surface area contributed by atoms with Gasteiger partial charge in [-0.2, -0.15) is 5.10 Å². The Labute approximate surface area is 82.3 Å². The van der Waals surface area contributed by atoms with E-state index in [9.17, 15) is 0 Å². The van der Waals surface area contributed by atoms with E-state index in [1.54, 1.807) is 12.5 Å². The lowest BCUT2D eigenvalue weighted by Crippen LogP contribution is -2.17. The summed E-state index contributed by atoms with van der Waals surface area (Å²) in [6, 6.07) is 4.21. The Kier molecular flexibility index (Phi) is 2.53. The average Bonchev–Trinajstić information content (AvgIpc) is 2.76. The quantitative estimate of drug-likeness (QED) is 0.777. The molecule has 0 aromatic carbocycles. The molecule has 1 atom stereocenters. The second kappa shape index (κ2) is 4.00. The Morgan fingerprint density at radius 3 is 3.21 bits per heavy atom. The lowest BCUT2D eigenvalue weighted by molar-refractivity contribution is 0.498. The molecule has 0 radical (unpaired) electrons. The van der Waals surface area contributed by atoms with Crippen molar-refractivity contribution in [2.24, 2.45) is 0 Å². The van der Waals surface area contributed by atoms with Crippen molar-refractivity contribution in [3.05, 3.63) is 36.5 Å². The standard InChI is InChI=1S/C10H13N3O/c1-8(5-10-3-2-4-14-10)13-9-6-11-12-7-9/h2-4,6-8,13H,5H2,1H3,(H,11,12). The molecule has 2 N–H and O–H groups in total. The van der Waals surface area contributed by atoms with Gasteiger partial charge in [-0.15, -0.1) is 0 Å². The maximum absolute atomic E-state index is 5.26. The van der Waals surface area contributed by atoms with Crippen molar-refractivity contribution in [2.75, 3.05) is 5.32 Å². The second-order valence-corrected chi connectivity index (χ2v) is 3.32. The molecule has 74 valence electrons. The highest BCUT2D eigenvalue weighted by Gasteiger charge is 2.05. The minimum atomic E-state index is 0.332. The molecule has 2 heterocycles. The number of H-pyrrole nitrogens is 1. The molecule has 1 unspecified atom stereocenters. The summed E-state index contributed by atoms with van der Waals surface area (Å²) < 4.78 is 5.26. The number of furan rings is 1. The topological polar surface area (TPSA) is 53.9 Å². The molecule has 14 heavy (non-hydrogen) atoms. The Bertz CT molecular complexity index is 316. The van der Waals surface area contributed by atoms with Gasteiger partial charge in [0.15, 0.2) is 0 Å². The molecule has 2 aromatic heterocycles. The van der Waals surface area contributed by atoms with Crippen molar-refractivity contribution in [3.8, 4) is 0 Å².